The van der Waals surface area contributed by atoms with Gasteiger partial charge in [0.15, 0.2) is 17.4 Å². The van der Waals surface area contributed by atoms with E-state index in [-0.39, 0.29) is 37.0 Å². The van der Waals surface area contributed by atoms with Crippen molar-refractivity contribution >= 4 is 12.6 Å². The number of hydrogen-bond donors (Lipinski definition) is 2. The quantitative estimate of drug-likeness (QED) is 0.304. The van der Waals surface area contributed by atoms with Gasteiger partial charge in [-0.2, -0.15) is 0 Å². The van der Waals surface area contributed by atoms with Crippen LogP contribution in [0.4, 0.5) is 4.39 Å². The molecule has 232 valence electrons. The molecule has 0 aliphatic carbocycles. The van der Waals surface area contributed by atoms with Crippen LogP contribution in [0.1, 0.15) is 36.1 Å². The van der Waals surface area contributed by atoms with Gasteiger partial charge in [0.25, 0.3) is 11.9 Å². The number of ether oxygens (including phenoxy) is 4. The van der Waals surface area contributed by atoms with Crippen LogP contribution in [-0.4, -0.2) is 54.4 Å². The summed E-state index contributed by atoms with van der Waals surface area (Å²) in [7, 11) is 0.560. The molecule has 3 aromatic carbocycles. The second-order valence-electron chi connectivity index (χ2n) is 11.4. The molecule has 2 N–H and O–H groups in total. The predicted molar refractivity (Wildman–Crippen MR) is 164 cm³/mol. The smallest absolute Gasteiger partial charge is 0.494 e. The summed E-state index contributed by atoms with van der Waals surface area (Å²) in [5.41, 5.74) is 5.63. The number of aliphatic hydroxyl groups excluding tert-OH is 2. The van der Waals surface area contributed by atoms with Crippen molar-refractivity contribution in [1.82, 2.24) is 4.90 Å². The van der Waals surface area contributed by atoms with Crippen molar-refractivity contribution in [1.29, 1.82) is 0 Å². The molecule has 1 atom stereocenters. The van der Waals surface area contributed by atoms with Gasteiger partial charge in [0.2, 0.25) is 0 Å². The minimum Gasteiger partial charge on any atom is -0.494 e. The fourth-order valence-electron chi connectivity index (χ4n) is 5.29. The third-order valence-corrected chi connectivity index (χ3v) is 7.50. The van der Waals surface area contributed by atoms with Gasteiger partial charge in [-0.1, -0.05) is 30.3 Å². The van der Waals surface area contributed by atoms with Crippen LogP contribution in [0.3, 0.4) is 0 Å². The van der Waals surface area contributed by atoms with E-state index in [1.165, 1.54) is 17.3 Å². The van der Waals surface area contributed by atoms with Crippen LogP contribution >= 0.6 is 0 Å². The Morgan fingerprint density at radius 2 is 1.66 bits per heavy atom. The second kappa shape index (κ2) is 12.7. The Morgan fingerprint density at radius 1 is 0.977 bits per heavy atom. The average molecular weight is 605 g/mol. The first-order valence-corrected chi connectivity index (χ1v) is 14.3. The lowest BCUT2D eigenvalue weighted by atomic mass is 9.79. The van der Waals surface area contributed by atoms with Gasteiger partial charge in [-0.05, 0) is 86.2 Å². The van der Waals surface area contributed by atoms with Gasteiger partial charge in [0.05, 0.1) is 19.0 Å². The highest BCUT2D eigenvalue weighted by Gasteiger charge is 2.33. The van der Waals surface area contributed by atoms with Crippen LogP contribution in [0.15, 0.2) is 72.8 Å². The summed E-state index contributed by atoms with van der Waals surface area (Å²) in [6, 6.07) is 14.6. The molecule has 9 nitrogen and oxygen atoms in total. The highest BCUT2D eigenvalue weighted by Crippen LogP contribution is 2.37. The zero-order valence-electron chi connectivity index (χ0n) is 25.7. The molecular weight excluding hydrogens is 568 g/mol. The van der Waals surface area contributed by atoms with Crippen LogP contribution in [0.2, 0.25) is 0 Å². The van der Waals surface area contributed by atoms with Crippen molar-refractivity contribution in [2.45, 2.75) is 53.1 Å². The summed E-state index contributed by atoms with van der Waals surface area (Å²) in [4.78, 5) is 1.40. The average Bonchev–Trinajstić information content (AvgIpc) is 3.31. The Hall–Kier alpha value is -4.35. The van der Waals surface area contributed by atoms with E-state index < -0.39 is 18.7 Å². The zero-order valence-corrected chi connectivity index (χ0v) is 25.7. The molecule has 2 aliphatic rings. The first kappa shape index (κ1) is 31.1. The van der Waals surface area contributed by atoms with Gasteiger partial charge in [-0.25, -0.2) is 4.39 Å². The summed E-state index contributed by atoms with van der Waals surface area (Å²) in [5, 5.41) is 20.0. The van der Waals surface area contributed by atoms with Crippen molar-refractivity contribution in [2.75, 3.05) is 20.3 Å². The maximum absolute atomic E-state index is 15.5. The van der Waals surface area contributed by atoms with E-state index in [2.05, 4.69) is 0 Å². The lowest BCUT2D eigenvalue weighted by Crippen LogP contribution is -2.37. The van der Waals surface area contributed by atoms with Gasteiger partial charge in [-0.15, -0.1) is 0 Å². The Kier molecular flexibility index (Phi) is 8.98. The number of halogens is 1. The summed E-state index contributed by atoms with van der Waals surface area (Å²) in [5.74, 6) is -0.994. The molecule has 1 fully saturated rings. The molecule has 2 heterocycles. The first-order valence-electron chi connectivity index (χ1n) is 14.3. The molecule has 0 spiro atoms. The lowest BCUT2D eigenvalue weighted by Gasteiger charge is -2.20. The minimum absolute atomic E-state index is 0.192. The number of hydrogen-bond acceptors (Lipinski definition) is 9. The Labute approximate surface area is 257 Å². The Balaban J connectivity index is 1.28. The van der Waals surface area contributed by atoms with Crippen LogP contribution in [0.5, 0.6) is 11.5 Å². The number of aliphatic hydroxyl groups is 2. The summed E-state index contributed by atoms with van der Waals surface area (Å²) < 4.78 is 49.6. The molecule has 0 bridgehead atoms. The van der Waals surface area contributed by atoms with E-state index in [0.717, 1.165) is 27.8 Å². The minimum atomic E-state index is -1.05. The molecule has 0 saturated carbocycles. The van der Waals surface area contributed by atoms with Crippen LogP contribution in [-0.2, 0) is 25.4 Å². The van der Waals surface area contributed by atoms with Gasteiger partial charge in [0, 0.05) is 12.5 Å². The Morgan fingerprint density at radius 3 is 2.30 bits per heavy atom. The van der Waals surface area contributed by atoms with Crippen LogP contribution in [0, 0.1) is 26.6 Å². The molecule has 3 aromatic rings. The monoisotopic (exact) mass is 605 g/mol. The Bertz CT molecular complexity index is 1550. The number of aryl methyl sites for hydroxylation is 1. The number of benzene rings is 3. The molecule has 5 rings (SSSR count). The first-order chi connectivity index (χ1) is 20.9. The molecule has 11 heteroatoms. The summed E-state index contributed by atoms with van der Waals surface area (Å²) >= 11 is 0. The molecular formula is C33H37BFNO8. The number of rotatable bonds is 8. The van der Waals surface area contributed by atoms with E-state index >= 15 is 4.39 Å². The zero-order chi connectivity index (χ0) is 31.6. The van der Waals surface area contributed by atoms with Gasteiger partial charge in [0.1, 0.15) is 25.1 Å². The maximum Gasteiger partial charge on any atom is 0.636 e. The lowest BCUT2D eigenvalue weighted by molar-refractivity contribution is -0.141. The molecule has 1 saturated heterocycles. The van der Waals surface area contributed by atoms with E-state index in [1.54, 1.807) is 44.3 Å². The second-order valence-corrected chi connectivity index (χ2v) is 11.4. The topological polar surface area (TPSA) is 99.1 Å². The van der Waals surface area contributed by atoms with Crippen LogP contribution in [0.25, 0.3) is 11.1 Å². The molecule has 0 aromatic heterocycles. The standard InChI is InChI=1S/C33H37BFNO8/c1-20-14-28(40-18-26-19-41-33(4,5)42-26)32(35)22(3)31(20)27-9-7-8-23(21(27)2)17-39-25-12-10-24(11-13-25)34-43-29(37)15-36(6)16-30(38)44-34/h7-16,26,37-38H,17-19H2,1-6H3/b29-15-,30-16?/t26-/m0/s1. The van der Waals surface area contributed by atoms with Gasteiger partial charge < -0.3 is 43.4 Å². The van der Waals surface area contributed by atoms with Crippen molar-refractivity contribution in [3.05, 3.63) is 101 Å². The largest absolute Gasteiger partial charge is 0.636 e. The van der Waals surface area contributed by atoms with Gasteiger partial charge in [-0.3, -0.25) is 0 Å². The molecule has 0 radical (unpaired) electrons. The van der Waals surface area contributed by atoms with Crippen molar-refractivity contribution < 1.29 is 42.9 Å². The highest BCUT2D eigenvalue weighted by atomic mass is 19.1. The molecule has 0 unspecified atom stereocenters. The number of nitrogens with zero attached hydrogens (tertiary/aromatic N) is 1. The summed E-state index contributed by atoms with van der Waals surface area (Å²) in [6.45, 7) is 10.3. The predicted octanol–water partition coefficient (Wildman–Crippen LogP) is 5.91. The SMILES string of the molecule is Cc1cc(OC[C@H]2COC(C)(C)O2)c(F)c(C)c1-c1cccc(COc2ccc(B3OC(O)=CN(C)/C=C(/O)O3)cc2)c1C. The molecule has 44 heavy (non-hydrogen) atoms. The van der Waals surface area contributed by atoms with E-state index in [4.69, 9.17) is 28.3 Å². The van der Waals surface area contributed by atoms with Gasteiger partial charge >= 0.3 is 7.12 Å². The van der Waals surface area contributed by atoms with Crippen molar-refractivity contribution in [3.8, 4) is 22.6 Å². The summed E-state index contributed by atoms with van der Waals surface area (Å²) in [6.07, 6.45) is 2.35. The fraction of sp³-hybridized carbons (Fsp3) is 0.333. The normalized spacial score (nSPS) is 19.2. The van der Waals surface area contributed by atoms with Crippen molar-refractivity contribution in [3.63, 3.8) is 0 Å². The third-order valence-electron chi connectivity index (χ3n) is 7.50. The maximum atomic E-state index is 15.5. The highest BCUT2D eigenvalue weighted by molar-refractivity contribution is 6.61. The van der Waals surface area contributed by atoms with E-state index in [1.807, 2.05) is 45.9 Å². The van der Waals surface area contributed by atoms with Crippen molar-refractivity contribution in [2.24, 2.45) is 0 Å². The van der Waals surface area contributed by atoms with Crippen LogP contribution < -0.4 is 14.9 Å². The third kappa shape index (κ3) is 7.06. The fourth-order valence-corrected chi connectivity index (χ4v) is 5.29. The van der Waals surface area contributed by atoms with E-state index in [9.17, 15) is 10.2 Å². The molecule has 2 aliphatic heterocycles. The van der Waals surface area contributed by atoms with E-state index in [0.29, 0.717) is 23.4 Å². The molecule has 0 amide bonds.